The summed E-state index contributed by atoms with van der Waals surface area (Å²) in [6.45, 7) is 6.42. The lowest BCUT2D eigenvalue weighted by atomic mass is 9.67. The minimum atomic E-state index is -0.405. The Labute approximate surface area is 90.8 Å². The van der Waals surface area contributed by atoms with Gasteiger partial charge in [-0.05, 0) is 40.0 Å². The lowest BCUT2D eigenvalue weighted by Crippen LogP contribution is -2.67. The second-order valence-electron chi connectivity index (χ2n) is 5.85. The quantitative estimate of drug-likeness (QED) is 0.662. The minimum absolute atomic E-state index is 0.0170. The Balaban J connectivity index is 1.93. The Morgan fingerprint density at radius 1 is 1.47 bits per heavy atom. The third-order valence-corrected chi connectivity index (χ3v) is 3.20. The molecule has 0 radical (unpaired) electrons. The van der Waals surface area contributed by atoms with Crippen molar-refractivity contribution in [3.8, 4) is 0 Å². The fourth-order valence-electron chi connectivity index (χ4n) is 2.39. The van der Waals surface area contributed by atoms with Gasteiger partial charge in [-0.25, -0.2) is 4.79 Å². The van der Waals surface area contributed by atoms with Gasteiger partial charge in [-0.15, -0.1) is 0 Å². The second-order valence-corrected chi connectivity index (χ2v) is 5.85. The van der Waals surface area contributed by atoms with Crippen molar-refractivity contribution < 1.29 is 9.53 Å². The lowest BCUT2D eigenvalue weighted by molar-refractivity contribution is -0.0346. The SMILES string of the molecule is CC(C)(C)OC(=O)N1CCC2(N)CC1C2. The van der Waals surface area contributed by atoms with Gasteiger partial charge in [-0.1, -0.05) is 0 Å². The lowest BCUT2D eigenvalue weighted by Gasteiger charge is -2.55. The molecule has 2 saturated heterocycles. The van der Waals surface area contributed by atoms with E-state index in [0.717, 1.165) is 25.8 Å². The van der Waals surface area contributed by atoms with Crippen LogP contribution in [0, 0.1) is 0 Å². The predicted molar refractivity (Wildman–Crippen MR) is 57.5 cm³/mol. The van der Waals surface area contributed by atoms with Crippen LogP contribution in [0.1, 0.15) is 40.0 Å². The minimum Gasteiger partial charge on any atom is -0.444 e. The number of piperidine rings is 2. The number of amides is 1. The van der Waals surface area contributed by atoms with E-state index in [0.29, 0.717) is 6.04 Å². The third-order valence-electron chi connectivity index (χ3n) is 3.20. The average Bonchev–Trinajstić information content (AvgIpc) is 1.98. The highest BCUT2D eigenvalue weighted by Crippen LogP contribution is 2.41. The van der Waals surface area contributed by atoms with E-state index in [-0.39, 0.29) is 11.6 Å². The van der Waals surface area contributed by atoms with Crippen molar-refractivity contribution in [1.82, 2.24) is 4.90 Å². The molecule has 2 aliphatic heterocycles. The molecule has 3 aliphatic rings. The molecule has 2 heterocycles. The number of hydrogen-bond donors (Lipinski definition) is 1. The van der Waals surface area contributed by atoms with Crippen LogP contribution in [0.3, 0.4) is 0 Å². The van der Waals surface area contributed by atoms with E-state index in [9.17, 15) is 4.79 Å². The number of carbonyl (C=O) groups is 1. The standard InChI is InChI=1S/C11H20N2O2/c1-10(2,3)15-9(14)13-5-4-11(12)6-8(13)7-11/h8H,4-7,12H2,1-3H3. The number of fused-ring (bicyclic) bond motifs is 2. The molecule has 4 nitrogen and oxygen atoms in total. The molecule has 1 aliphatic carbocycles. The van der Waals surface area contributed by atoms with E-state index in [4.69, 9.17) is 10.5 Å². The third kappa shape index (κ3) is 2.09. The molecule has 15 heavy (non-hydrogen) atoms. The summed E-state index contributed by atoms with van der Waals surface area (Å²) in [6, 6.07) is 0.318. The number of ether oxygens (including phenoxy) is 1. The number of hydrogen-bond acceptors (Lipinski definition) is 3. The van der Waals surface area contributed by atoms with Gasteiger partial charge in [-0.3, -0.25) is 0 Å². The molecule has 1 saturated carbocycles. The molecule has 0 atom stereocenters. The van der Waals surface area contributed by atoms with E-state index in [2.05, 4.69) is 0 Å². The van der Waals surface area contributed by atoms with Gasteiger partial charge < -0.3 is 15.4 Å². The fraction of sp³-hybridized carbons (Fsp3) is 0.909. The number of nitrogens with two attached hydrogens (primary N) is 1. The van der Waals surface area contributed by atoms with Crippen LogP contribution in [-0.2, 0) is 4.74 Å². The Morgan fingerprint density at radius 3 is 2.47 bits per heavy atom. The van der Waals surface area contributed by atoms with Gasteiger partial charge in [0.05, 0.1) is 0 Å². The summed E-state index contributed by atoms with van der Waals surface area (Å²) in [5.41, 5.74) is 5.67. The highest BCUT2D eigenvalue weighted by Gasteiger charge is 2.50. The van der Waals surface area contributed by atoms with Crippen molar-refractivity contribution in [2.75, 3.05) is 6.54 Å². The summed E-state index contributed by atoms with van der Waals surface area (Å²) in [4.78, 5) is 13.6. The monoisotopic (exact) mass is 212 g/mol. The summed E-state index contributed by atoms with van der Waals surface area (Å²) in [6.07, 6.45) is 2.59. The number of nitrogens with zero attached hydrogens (tertiary/aromatic N) is 1. The van der Waals surface area contributed by atoms with Crippen LogP contribution in [-0.4, -0.2) is 34.7 Å². The maximum atomic E-state index is 11.8. The van der Waals surface area contributed by atoms with Crippen LogP contribution in [0.2, 0.25) is 0 Å². The molecule has 2 bridgehead atoms. The van der Waals surface area contributed by atoms with Crippen molar-refractivity contribution in [1.29, 1.82) is 0 Å². The highest BCUT2D eigenvalue weighted by atomic mass is 16.6. The zero-order valence-corrected chi connectivity index (χ0v) is 9.75. The largest absolute Gasteiger partial charge is 0.444 e. The summed E-state index contributed by atoms with van der Waals surface area (Å²) in [7, 11) is 0. The Kier molecular flexibility index (Phi) is 2.23. The molecule has 1 amide bonds. The zero-order valence-electron chi connectivity index (χ0n) is 9.75. The smallest absolute Gasteiger partial charge is 0.410 e. The molecule has 0 spiro atoms. The van der Waals surface area contributed by atoms with Crippen molar-refractivity contribution in [2.45, 2.75) is 57.2 Å². The first-order chi connectivity index (χ1) is 6.79. The van der Waals surface area contributed by atoms with Gasteiger partial charge in [0.25, 0.3) is 0 Å². The summed E-state index contributed by atoms with van der Waals surface area (Å²) in [5.74, 6) is 0. The second kappa shape index (κ2) is 3.11. The van der Waals surface area contributed by atoms with Gasteiger partial charge in [0.15, 0.2) is 0 Å². The topological polar surface area (TPSA) is 55.6 Å². The van der Waals surface area contributed by atoms with Crippen molar-refractivity contribution >= 4 is 6.09 Å². The summed E-state index contributed by atoms with van der Waals surface area (Å²) in [5, 5.41) is 0. The van der Waals surface area contributed by atoms with Gasteiger partial charge in [0.2, 0.25) is 0 Å². The molecule has 3 rings (SSSR count). The molecule has 3 fully saturated rings. The number of rotatable bonds is 0. The molecule has 0 aromatic heterocycles. The van der Waals surface area contributed by atoms with Crippen LogP contribution in [0.25, 0.3) is 0 Å². The molecule has 4 heteroatoms. The molecule has 2 N–H and O–H groups in total. The first-order valence-corrected chi connectivity index (χ1v) is 5.58. The molecular weight excluding hydrogens is 192 g/mol. The van der Waals surface area contributed by atoms with Gasteiger partial charge in [0.1, 0.15) is 5.60 Å². The maximum Gasteiger partial charge on any atom is 0.410 e. The van der Waals surface area contributed by atoms with Crippen LogP contribution in [0.4, 0.5) is 4.79 Å². The van der Waals surface area contributed by atoms with Gasteiger partial charge >= 0.3 is 6.09 Å². The van der Waals surface area contributed by atoms with Crippen LogP contribution < -0.4 is 5.73 Å². The Bertz CT molecular complexity index is 271. The molecular formula is C11H20N2O2. The van der Waals surface area contributed by atoms with E-state index < -0.39 is 5.60 Å². The van der Waals surface area contributed by atoms with Crippen LogP contribution >= 0.6 is 0 Å². The zero-order chi connectivity index (χ0) is 11.3. The predicted octanol–water partition coefficient (Wildman–Crippen LogP) is 1.49. The van der Waals surface area contributed by atoms with Crippen molar-refractivity contribution in [2.24, 2.45) is 5.73 Å². The van der Waals surface area contributed by atoms with E-state index in [1.54, 1.807) is 0 Å². The molecule has 86 valence electrons. The van der Waals surface area contributed by atoms with Crippen molar-refractivity contribution in [3.05, 3.63) is 0 Å². The van der Waals surface area contributed by atoms with Crippen LogP contribution in [0.15, 0.2) is 0 Å². The highest BCUT2D eigenvalue weighted by molar-refractivity contribution is 5.69. The Hall–Kier alpha value is -0.770. The Morgan fingerprint density at radius 2 is 2.07 bits per heavy atom. The number of carbonyl (C=O) groups excluding carboxylic acids is 1. The molecule has 0 aromatic carbocycles. The summed E-state index contributed by atoms with van der Waals surface area (Å²) < 4.78 is 5.35. The van der Waals surface area contributed by atoms with E-state index in [1.165, 1.54) is 0 Å². The van der Waals surface area contributed by atoms with E-state index in [1.807, 2.05) is 25.7 Å². The van der Waals surface area contributed by atoms with Gasteiger partial charge in [0, 0.05) is 18.1 Å². The van der Waals surface area contributed by atoms with E-state index >= 15 is 0 Å². The molecule has 0 aromatic rings. The maximum absolute atomic E-state index is 11.8. The fourth-order valence-corrected chi connectivity index (χ4v) is 2.39. The van der Waals surface area contributed by atoms with Crippen LogP contribution in [0.5, 0.6) is 0 Å². The first kappa shape index (κ1) is 10.7. The summed E-state index contributed by atoms with van der Waals surface area (Å²) >= 11 is 0. The van der Waals surface area contributed by atoms with Gasteiger partial charge in [-0.2, -0.15) is 0 Å². The normalized spacial score (nSPS) is 34.7. The average molecular weight is 212 g/mol. The first-order valence-electron chi connectivity index (χ1n) is 5.58. The molecule has 0 unspecified atom stereocenters. The van der Waals surface area contributed by atoms with Crippen molar-refractivity contribution in [3.63, 3.8) is 0 Å².